The summed E-state index contributed by atoms with van der Waals surface area (Å²) >= 11 is 3.20. The van der Waals surface area contributed by atoms with Crippen LogP contribution in [0.3, 0.4) is 0 Å². The summed E-state index contributed by atoms with van der Waals surface area (Å²) in [5.41, 5.74) is 1.55. The second kappa shape index (κ2) is 7.82. The van der Waals surface area contributed by atoms with Gasteiger partial charge in [0.05, 0.1) is 7.11 Å². The Kier molecular flexibility index (Phi) is 6.36. The average molecular weight is 311 g/mol. The number of halogens is 1. The van der Waals surface area contributed by atoms with Crippen molar-refractivity contribution in [2.45, 2.75) is 19.3 Å². The van der Waals surface area contributed by atoms with E-state index in [0.29, 0.717) is 18.4 Å². The van der Waals surface area contributed by atoms with E-state index in [2.05, 4.69) is 20.7 Å². The lowest BCUT2D eigenvalue weighted by Crippen LogP contribution is -2.05. The van der Waals surface area contributed by atoms with Crippen LogP contribution >= 0.6 is 15.9 Å². The molecule has 0 aliphatic rings. The molecule has 0 aliphatic carbocycles. The van der Waals surface area contributed by atoms with E-state index in [-0.39, 0.29) is 18.2 Å². The maximum atomic E-state index is 12.0. The van der Waals surface area contributed by atoms with Crippen molar-refractivity contribution in [3.8, 4) is 0 Å². The highest BCUT2D eigenvalue weighted by Crippen LogP contribution is 2.15. The van der Waals surface area contributed by atoms with E-state index in [9.17, 15) is 9.59 Å². The van der Waals surface area contributed by atoms with E-state index in [1.807, 2.05) is 24.3 Å². The van der Waals surface area contributed by atoms with Gasteiger partial charge < -0.3 is 4.74 Å². The molecule has 1 aromatic rings. The Labute approximate surface area is 115 Å². The Balaban J connectivity index is 2.64. The highest BCUT2D eigenvalue weighted by Gasteiger charge is 2.10. The van der Waals surface area contributed by atoms with Crippen LogP contribution in [0.15, 0.2) is 29.3 Å². The first-order chi connectivity index (χ1) is 8.69. The Hall–Kier alpha value is -1.42. The van der Waals surface area contributed by atoms with Gasteiger partial charge in [0.2, 0.25) is 0 Å². The highest BCUT2D eigenvalue weighted by molar-refractivity contribution is 9.11. The molecule has 3 nitrogen and oxygen atoms in total. The molecule has 0 spiro atoms. The summed E-state index contributed by atoms with van der Waals surface area (Å²) in [4.78, 5) is 24.7. The quantitative estimate of drug-likeness (QED) is 0.596. The second-order valence-corrected chi connectivity index (χ2v) is 4.26. The smallest absolute Gasteiger partial charge is 0.305 e. The molecule has 0 aromatic heterocycles. The Morgan fingerprint density at radius 1 is 1.28 bits per heavy atom. The molecule has 0 fully saturated rings. The zero-order valence-electron chi connectivity index (χ0n) is 10.2. The lowest BCUT2D eigenvalue weighted by Gasteiger charge is -2.04. The number of hydrogen-bond acceptors (Lipinski definition) is 3. The van der Waals surface area contributed by atoms with E-state index in [4.69, 9.17) is 0 Å². The molecular formula is C14H15BrO3. The number of rotatable bonds is 6. The van der Waals surface area contributed by atoms with Crippen molar-refractivity contribution < 1.29 is 14.3 Å². The summed E-state index contributed by atoms with van der Waals surface area (Å²) in [6.07, 6.45) is 2.96. The van der Waals surface area contributed by atoms with Crippen LogP contribution in [0.5, 0.6) is 0 Å². The van der Waals surface area contributed by atoms with Crippen LogP contribution < -0.4 is 0 Å². The van der Waals surface area contributed by atoms with Gasteiger partial charge in [-0.3, -0.25) is 9.59 Å². The summed E-state index contributed by atoms with van der Waals surface area (Å²) in [6, 6.07) is 7.39. The van der Waals surface area contributed by atoms with Crippen molar-refractivity contribution in [3.05, 3.63) is 40.4 Å². The van der Waals surface area contributed by atoms with Gasteiger partial charge in [0, 0.05) is 18.4 Å². The van der Waals surface area contributed by atoms with Crippen LogP contribution in [-0.2, 0) is 9.53 Å². The standard InChI is InChI=1S/C14H15BrO3/c1-18-14(17)8-4-7-13(16)12-6-3-2-5-11(12)9-10-15/h2-3,5-6,9-10H,4,7-8H2,1H3/b10-9+. The number of esters is 1. The highest BCUT2D eigenvalue weighted by atomic mass is 79.9. The molecule has 0 radical (unpaired) electrons. The van der Waals surface area contributed by atoms with Crippen LogP contribution in [0.25, 0.3) is 6.08 Å². The molecule has 96 valence electrons. The van der Waals surface area contributed by atoms with E-state index in [1.165, 1.54) is 7.11 Å². The second-order valence-electron chi connectivity index (χ2n) is 3.73. The lowest BCUT2D eigenvalue weighted by molar-refractivity contribution is -0.140. The van der Waals surface area contributed by atoms with Gasteiger partial charge >= 0.3 is 5.97 Å². The SMILES string of the molecule is COC(=O)CCCC(=O)c1ccccc1/C=C/Br. The van der Waals surface area contributed by atoms with Crippen LogP contribution in [0.2, 0.25) is 0 Å². The first-order valence-corrected chi connectivity index (χ1v) is 6.56. The molecule has 1 aromatic carbocycles. The zero-order chi connectivity index (χ0) is 13.4. The van der Waals surface area contributed by atoms with Crippen LogP contribution in [0.1, 0.15) is 35.2 Å². The Morgan fingerprint density at radius 2 is 2.00 bits per heavy atom. The number of carbonyl (C=O) groups is 2. The molecule has 0 bridgehead atoms. The predicted octanol–water partition coefficient (Wildman–Crippen LogP) is 3.58. The van der Waals surface area contributed by atoms with Gasteiger partial charge in [-0.2, -0.15) is 0 Å². The molecule has 18 heavy (non-hydrogen) atoms. The molecule has 0 unspecified atom stereocenters. The van der Waals surface area contributed by atoms with Gasteiger partial charge in [-0.1, -0.05) is 40.2 Å². The van der Waals surface area contributed by atoms with Gasteiger partial charge in [0.1, 0.15) is 0 Å². The van der Waals surface area contributed by atoms with Crippen molar-refractivity contribution in [1.82, 2.24) is 0 Å². The van der Waals surface area contributed by atoms with Gasteiger partial charge in [-0.05, 0) is 23.0 Å². The number of benzene rings is 1. The fourth-order valence-electron chi connectivity index (χ4n) is 1.59. The Bertz CT molecular complexity index is 452. The first kappa shape index (κ1) is 14.6. The molecule has 0 saturated heterocycles. The van der Waals surface area contributed by atoms with E-state index >= 15 is 0 Å². The summed E-state index contributed by atoms with van der Waals surface area (Å²) in [7, 11) is 1.35. The predicted molar refractivity (Wildman–Crippen MR) is 74.6 cm³/mol. The average Bonchev–Trinajstić information content (AvgIpc) is 2.39. The van der Waals surface area contributed by atoms with Crippen molar-refractivity contribution in [1.29, 1.82) is 0 Å². The van der Waals surface area contributed by atoms with E-state index in [0.717, 1.165) is 5.56 Å². The number of hydrogen-bond donors (Lipinski definition) is 0. The molecule has 0 N–H and O–H groups in total. The normalized spacial score (nSPS) is 10.6. The number of carbonyl (C=O) groups excluding carboxylic acids is 2. The van der Waals surface area contributed by atoms with E-state index < -0.39 is 0 Å². The lowest BCUT2D eigenvalue weighted by atomic mass is 10.00. The number of Topliss-reactive ketones (excluding diaryl/α,β-unsaturated/α-hetero) is 1. The topological polar surface area (TPSA) is 43.4 Å². The van der Waals surface area contributed by atoms with Crippen LogP contribution in [0.4, 0.5) is 0 Å². The number of ether oxygens (including phenoxy) is 1. The fourth-order valence-corrected chi connectivity index (χ4v) is 1.88. The monoisotopic (exact) mass is 310 g/mol. The Morgan fingerprint density at radius 3 is 2.67 bits per heavy atom. The maximum absolute atomic E-state index is 12.0. The molecule has 0 atom stereocenters. The zero-order valence-corrected chi connectivity index (χ0v) is 11.8. The van der Waals surface area contributed by atoms with E-state index in [1.54, 1.807) is 11.1 Å². The van der Waals surface area contributed by atoms with Crippen LogP contribution in [0, 0.1) is 0 Å². The molecule has 0 amide bonds. The minimum atomic E-state index is -0.281. The van der Waals surface area contributed by atoms with Crippen molar-refractivity contribution in [2.75, 3.05) is 7.11 Å². The number of methoxy groups -OCH3 is 1. The van der Waals surface area contributed by atoms with Crippen LogP contribution in [-0.4, -0.2) is 18.9 Å². The fraction of sp³-hybridized carbons (Fsp3) is 0.286. The molecule has 1 rings (SSSR count). The summed E-state index contributed by atoms with van der Waals surface area (Å²) in [6.45, 7) is 0. The molecular weight excluding hydrogens is 296 g/mol. The van der Waals surface area contributed by atoms with Gasteiger partial charge in [-0.15, -0.1) is 0 Å². The molecule has 4 heteroatoms. The van der Waals surface area contributed by atoms with Gasteiger partial charge in [0.15, 0.2) is 5.78 Å². The van der Waals surface area contributed by atoms with Crippen molar-refractivity contribution in [2.24, 2.45) is 0 Å². The van der Waals surface area contributed by atoms with Gasteiger partial charge in [0.25, 0.3) is 0 Å². The largest absolute Gasteiger partial charge is 0.469 e. The maximum Gasteiger partial charge on any atom is 0.305 e. The minimum absolute atomic E-state index is 0.0418. The first-order valence-electron chi connectivity index (χ1n) is 5.65. The molecule has 0 aliphatic heterocycles. The van der Waals surface area contributed by atoms with Crippen molar-refractivity contribution in [3.63, 3.8) is 0 Å². The summed E-state index contributed by atoms with van der Waals surface area (Å²) in [5.74, 6) is -0.239. The van der Waals surface area contributed by atoms with Gasteiger partial charge in [-0.25, -0.2) is 0 Å². The molecule has 0 saturated carbocycles. The third-order valence-corrected chi connectivity index (χ3v) is 2.78. The minimum Gasteiger partial charge on any atom is -0.469 e. The summed E-state index contributed by atoms with van der Waals surface area (Å²) in [5, 5.41) is 0. The number of ketones is 1. The third-order valence-electron chi connectivity index (χ3n) is 2.52. The third kappa shape index (κ3) is 4.45. The summed E-state index contributed by atoms with van der Waals surface area (Å²) < 4.78 is 4.53. The molecule has 0 heterocycles. The van der Waals surface area contributed by atoms with Crippen molar-refractivity contribution >= 4 is 33.8 Å².